The van der Waals surface area contributed by atoms with E-state index in [4.69, 9.17) is 5.73 Å². The fourth-order valence-corrected chi connectivity index (χ4v) is 2.83. The van der Waals surface area contributed by atoms with E-state index < -0.39 is 0 Å². The molecule has 4 nitrogen and oxygen atoms in total. The smallest absolute Gasteiger partial charge is 0.253 e. The molecule has 0 atom stereocenters. The lowest BCUT2D eigenvalue weighted by Crippen LogP contribution is -2.24. The number of benzene rings is 1. The molecule has 0 fully saturated rings. The standard InChI is InChI=1S/C18H25N3O.C2H6/c1-11-6-15(9-19)7-12(2)17(11)10-20-18(22)16-8-13(3)21(5)14(16)4;1-2/h6-8H,9-10,19H2,1-5H3,(H,20,22);1-2H3. The number of rotatable bonds is 4. The molecule has 0 saturated heterocycles. The summed E-state index contributed by atoms with van der Waals surface area (Å²) in [6, 6.07) is 6.11. The fourth-order valence-electron chi connectivity index (χ4n) is 2.83. The quantitative estimate of drug-likeness (QED) is 0.899. The monoisotopic (exact) mass is 329 g/mol. The number of hydrogen-bond acceptors (Lipinski definition) is 2. The number of nitrogens with zero attached hydrogens (tertiary/aromatic N) is 1. The molecule has 24 heavy (non-hydrogen) atoms. The molecule has 3 N–H and O–H groups in total. The first kappa shape index (κ1) is 20.0. The summed E-state index contributed by atoms with van der Waals surface area (Å²) in [5, 5.41) is 3.03. The lowest BCUT2D eigenvalue weighted by atomic mass is 9.99. The highest BCUT2D eigenvalue weighted by Crippen LogP contribution is 2.17. The van der Waals surface area contributed by atoms with Gasteiger partial charge in [-0.25, -0.2) is 0 Å². The van der Waals surface area contributed by atoms with Crippen molar-refractivity contribution in [2.24, 2.45) is 12.8 Å². The Morgan fingerprint density at radius 1 is 1.08 bits per heavy atom. The first-order chi connectivity index (χ1) is 11.3. The van der Waals surface area contributed by atoms with E-state index in [2.05, 4.69) is 31.3 Å². The maximum absolute atomic E-state index is 12.4. The van der Waals surface area contributed by atoms with Gasteiger partial charge in [-0.1, -0.05) is 26.0 Å². The minimum Gasteiger partial charge on any atom is -0.351 e. The minimum atomic E-state index is -0.0251. The Labute approximate surface area is 146 Å². The molecule has 2 rings (SSSR count). The average molecular weight is 329 g/mol. The van der Waals surface area contributed by atoms with Gasteiger partial charge in [0.05, 0.1) is 5.56 Å². The van der Waals surface area contributed by atoms with Crippen molar-refractivity contribution in [2.75, 3.05) is 0 Å². The molecule has 1 heterocycles. The highest BCUT2D eigenvalue weighted by atomic mass is 16.1. The van der Waals surface area contributed by atoms with Crippen LogP contribution < -0.4 is 11.1 Å². The minimum absolute atomic E-state index is 0.0251. The molecule has 0 aliphatic rings. The number of nitrogens with two attached hydrogens (primary N) is 1. The van der Waals surface area contributed by atoms with Crippen LogP contribution in [0.25, 0.3) is 0 Å². The van der Waals surface area contributed by atoms with Crippen LogP contribution >= 0.6 is 0 Å². The molecule has 0 spiro atoms. The summed E-state index contributed by atoms with van der Waals surface area (Å²) in [6.07, 6.45) is 0. The molecule has 0 unspecified atom stereocenters. The van der Waals surface area contributed by atoms with E-state index in [0.717, 1.165) is 28.1 Å². The number of carbonyl (C=O) groups excluding carboxylic acids is 1. The van der Waals surface area contributed by atoms with Gasteiger partial charge in [-0.05, 0) is 56.0 Å². The lowest BCUT2D eigenvalue weighted by Gasteiger charge is -2.13. The molecule has 1 amide bonds. The zero-order chi connectivity index (χ0) is 18.4. The van der Waals surface area contributed by atoms with Crippen molar-refractivity contribution in [1.82, 2.24) is 9.88 Å². The summed E-state index contributed by atoms with van der Waals surface area (Å²) in [7, 11) is 1.97. The largest absolute Gasteiger partial charge is 0.351 e. The van der Waals surface area contributed by atoms with Gasteiger partial charge < -0.3 is 15.6 Å². The van der Waals surface area contributed by atoms with Crippen molar-refractivity contribution in [3.63, 3.8) is 0 Å². The number of aryl methyl sites for hydroxylation is 3. The molecule has 0 aliphatic carbocycles. The second kappa shape index (κ2) is 8.69. The summed E-state index contributed by atoms with van der Waals surface area (Å²) in [6.45, 7) is 13.2. The third-order valence-electron chi connectivity index (χ3n) is 4.44. The first-order valence-corrected chi connectivity index (χ1v) is 8.55. The van der Waals surface area contributed by atoms with Crippen LogP contribution in [0.2, 0.25) is 0 Å². The molecule has 0 saturated carbocycles. The molecule has 132 valence electrons. The van der Waals surface area contributed by atoms with Gasteiger partial charge in [0.2, 0.25) is 0 Å². The van der Waals surface area contributed by atoms with E-state index in [1.165, 1.54) is 11.1 Å². The van der Waals surface area contributed by atoms with Crippen molar-refractivity contribution in [2.45, 2.75) is 54.6 Å². The Morgan fingerprint density at radius 2 is 1.62 bits per heavy atom. The van der Waals surface area contributed by atoms with Crippen molar-refractivity contribution >= 4 is 5.91 Å². The number of carbonyl (C=O) groups is 1. The van der Waals surface area contributed by atoms with E-state index in [1.807, 2.05) is 45.4 Å². The number of aromatic nitrogens is 1. The second-order valence-electron chi connectivity index (χ2n) is 5.94. The van der Waals surface area contributed by atoms with Gasteiger partial charge in [-0.15, -0.1) is 0 Å². The zero-order valence-electron chi connectivity index (χ0n) is 16.1. The normalized spacial score (nSPS) is 10.2. The van der Waals surface area contributed by atoms with Gasteiger partial charge in [0.1, 0.15) is 0 Å². The Kier molecular flexibility index (Phi) is 7.23. The summed E-state index contributed by atoms with van der Waals surface area (Å²) < 4.78 is 2.03. The highest BCUT2D eigenvalue weighted by molar-refractivity contribution is 5.95. The van der Waals surface area contributed by atoms with Crippen molar-refractivity contribution in [3.05, 3.63) is 57.4 Å². The maximum atomic E-state index is 12.4. The van der Waals surface area contributed by atoms with Crippen LogP contribution in [0.3, 0.4) is 0 Å². The van der Waals surface area contributed by atoms with Crippen LogP contribution in [0.4, 0.5) is 0 Å². The van der Waals surface area contributed by atoms with Crippen LogP contribution in [0, 0.1) is 27.7 Å². The summed E-state index contributed by atoms with van der Waals surface area (Å²) in [5.41, 5.74) is 13.1. The number of nitrogens with one attached hydrogen (secondary N) is 1. The molecular formula is C20H31N3O. The van der Waals surface area contributed by atoms with E-state index >= 15 is 0 Å². The Bertz CT molecular complexity index is 691. The third-order valence-corrected chi connectivity index (χ3v) is 4.44. The highest BCUT2D eigenvalue weighted by Gasteiger charge is 2.14. The number of hydrogen-bond donors (Lipinski definition) is 2. The van der Waals surface area contributed by atoms with Gasteiger partial charge in [0, 0.05) is 31.5 Å². The van der Waals surface area contributed by atoms with Crippen LogP contribution in [-0.4, -0.2) is 10.5 Å². The van der Waals surface area contributed by atoms with Crippen molar-refractivity contribution in [1.29, 1.82) is 0 Å². The van der Waals surface area contributed by atoms with Gasteiger partial charge in [-0.2, -0.15) is 0 Å². The van der Waals surface area contributed by atoms with E-state index in [-0.39, 0.29) is 5.91 Å². The van der Waals surface area contributed by atoms with Crippen LogP contribution in [0.5, 0.6) is 0 Å². The molecule has 0 aliphatic heterocycles. The summed E-state index contributed by atoms with van der Waals surface area (Å²) >= 11 is 0. The van der Waals surface area contributed by atoms with E-state index in [9.17, 15) is 4.79 Å². The van der Waals surface area contributed by atoms with E-state index in [0.29, 0.717) is 13.1 Å². The van der Waals surface area contributed by atoms with Crippen LogP contribution in [0.1, 0.15) is 57.8 Å². The SMILES string of the molecule is CC.Cc1cc(CN)cc(C)c1CNC(=O)c1cc(C)n(C)c1C. The zero-order valence-corrected chi connectivity index (χ0v) is 16.1. The Hall–Kier alpha value is -2.07. The molecular weight excluding hydrogens is 298 g/mol. The number of amides is 1. The van der Waals surface area contributed by atoms with Crippen LogP contribution in [0.15, 0.2) is 18.2 Å². The van der Waals surface area contributed by atoms with Gasteiger partial charge in [-0.3, -0.25) is 4.79 Å². The maximum Gasteiger partial charge on any atom is 0.253 e. The lowest BCUT2D eigenvalue weighted by molar-refractivity contribution is 0.0950. The molecule has 0 radical (unpaired) electrons. The predicted octanol–water partition coefficient (Wildman–Crippen LogP) is 3.67. The summed E-state index contributed by atoms with van der Waals surface area (Å²) in [4.78, 5) is 12.4. The Balaban J connectivity index is 0.00000139. The molecule has 1 aromatic carbocycles. The van der Waals surface area contributed by atoms with Crippen molar-refractivity contribution in [3.8, 4) is 0 Å². The fraction of sp³-hybridized carbons (Fsp3) is 0.450. The average Bonchev–Trinajstić information content (AvgIpc) is 2.83. The predicted molar refractivity (Wildman–Crippen MR) is 101 cm³/mol. The topological polar surface area (TPSA) is 60.0 Å². The van der Waals surface area contributed by atoms with Gasteiger partial charge in [0.25, 0.3) is 5.91 Å². The van der Waals surface area contributed by atoms with Crippen molar-refractivity contribution < 1.29 is 4.79 Å². The first-order valence-electron chi connectivity index (χ1n) is 8.55. The molecule has 1 aromatic heterocycles. The molecule has 4 heteroatoms. The van der Waals surface area contributed by atoms with Crippen LogP contribution in [-0.2, 0) is 20.1 Å². The van der Waals surface area contributed by atoms with E-state index in [1.54, 1.807) is 0 Å². The van der Waals surface area contributed by atoms with Gasteiger partial charge in [0.15, 0.2) is 0 Å². The molecule has 2 aromatic rings. The summed E-state index contributed by atoms with van der Waals surface area (Å²) in [5.74, 6) is -0.0251. The van der Waals surface area contributed by atoms with Gasteiger partial charge >= 0.3 is 0 Å². The third kappa shape index (κ3) is 4.26. The Morgan fingerprint density at radius 3 is 2.04 bits per heavy atom. The molecule has 0 bridgehead atoms. The second-order valence-corrected chi connectivity index (χ2v) is 5.94.